The molecule has 0 saturated carbocycles. The van der Waals surface area contributed by atoms with Gasteiger partial charge in [-0.2, -0.15) is 9.37 Å². The van der Waals surface area contributed by atoms with Gasteiger partial charge in [0.2, 0.25) is 11.8 Å². The zero-order chi connectivity index (χ0) is 12.3. The van der Waals surface area contributed by atoms with Crippen molar-refractivity contribution in [3.8, 4) is 11.6 Å². The van der Waals surface area contributed by atoms with Gasteiger partial charge in [0, 0.05) is 4.90 Å². The summed E-state index contributed by atoms with van der Waals surface area (Å²) in [4.78, 5) is 8.13. The van der Waals surface area contributed by atoms with Gasteiger partial charge in [-0.15, -0.1) is 11.8 Å². The first-order chi connectivity index (χ1) is 8.20. The van der Waals surface area contributed by atoms with Crippen LogP contribution in [-0.2, 0) is 0 Å². The second kappa shape index (κ2) is 5.01. The monoisotopic (exact) mass is 251 g/mol. The quantitative estimate of drug-likeness (QED) is 0.850. The van der Waals surface area contributed by atoms with Crippen molar-refractivity contribution < 1.29 is 9.13 Å². The number of para-hydroxylation sites is 1. The van der Waals surface area contributed by atoms with Crippen molar-refractivity contribution in [2.75, 3.05) is 12.0 Å². The van der Waals surface area contributed by atoms with Gasteiger partial charge in [-0.25, -0.2) is 4.98 Å². The zero-order valence-corrected chi connectivity index (χ0v) is 9.87. The van der Waals surface area contributed by atoms with Crippen molar-refractivity contribution in [1.29, 1.82) is 0 Å². The summed E-state index contributed by atoms with van der Waals surface area (Å²) in [5.41, 5.74) is 5.38. The minimum atomic E-state index is -0.643. The van der Waals surface area contributed by atoms with Crippen molar-refractivity contribution in [2.45, 2.75) is 4.90 Å². The Morgan fingerprint density at radius 1 is 1.35 bits per heavy atom. The number of benzene rings is 1. The van der Waals surface area contributed by atoms with Gasteiger partial charge in [0.15, 0.2) is 0 Å². The number of aromatic nitrogens is 2. The molecular formula is C11H10FN3OS. The molecule has 0 aliphatic rings. The van der Waals surface area contributed by atoms with Crippen LogP contribution in [0.3, 0.4) is 0 Å². The Balaban J connectivity index is 2.34. The van der Waals surface area contributed by atoms with Gasteiger partial charge in [-0.1, -0.05) is 12.1 Å². The van der Waals surface area contributed by atoms with Crippen LogP contribution in [-0.4, -0.2) is 16.2 Å². The molecule has 0 spiro atoms. The molecule has 1 aromatic heterocycles. The van der Waals surface area contributed by atoms with E-state index in [0.717, 1.165) is 11.1 Å². The number of nitrogens with zero attached hydrogens (tertiary/aromatic N) is 2. The molecule has 2 aromatic rings. The number of halogens is 1. The number of anilines is 1. The van der Waals surface area contributed by atoms with Gasteiger partial charge in [0.1, 0.15) is 5.75 Å². The van der Waals surface area contributed by atoms with Gasteiger partial charge in [-0.3, -0.25) is 0 Å². The molecule has 0 atom stereocenters. The van der Waals surface area contributed by atoms with E-state index in [1.807, 2.05) is 18.4 Å². The van der Waals surface area contributed by atoms with Crippen LogP contribution in [0.5, 0.6) is 11.6 Å². The number of hydrogen-bond donors (Lipinski definition) is 1. The third-order valence-corrected chi connectivity index (χ3v) is 2.78. The third kappa shape index (κ3) is 2.65. The van der Waals surface area contributed by atoms with Gasteiger partial charge in [0.25, 0.3) is 5.88 Å². The van der Waals surface area contributed by atoms with Crippen LogP contribution in [0, 0.1) is 5.82 Å². The first-order valence-electron chi connectivity index (χ1n) is 4.79. The Labute approximate surface area is 102 Å². The van der Waals surface area contributed by atoms with Crippen molar-refractivity contribution in [2.24, 2.45) is 0 Å². The average Bonchev–Trinajstić information content (AvgIpc) is 2.34. The highest BCUT2D eigenvalue weighted by molar-refractivity contribution is 7.98. The average molecular weight is 251 g/mol. The van der Waals surface area contributed by atoms with Gasteiger partial charge >= 0.3 is 0 Å². The van der Waals surface area contributed by atoms with E-state index in [-0.39, 0.29) is 11.8 Å². The number of hydrogen-bond acceptors (Lipinski definition) is 5. The van der Waals surface area contributed by atoms with Crippen LogP contribution >= 0.6 is 11.8 Å². The van der Waals surface area contributed by atoms with Gasteiger partial charge < -0.3 is 10.5 Å². The molecule has 0 radical (unpaired) electrons. The first-order valence-corrected chi connectivity index (χ1v) is 6.02. The van der Waals surface area contributed by atoms with E-state index < -0.39 is 5.82 Å². The Kier molecular flexibility index (Phi) is 3.43. The number of nitrogens with two attached hydrogens (primary N) is 1. The van der Waals surface area contributed by atoms with E-state index in [1.165, 1.54) is 11.8 Å². The number of ether oxygens (including phenoxy) is 1. The van der Waals surface area contributed by atoms with E-state index in [2.05, 4.69) is 9.97 Å². The molecule has 4 nitrogen and oxygen atoms in total. The Morgan fingerprint density at radius 2 is 2.12 bits per heavy atom. The molecular weight excluding hydrogens is 241 g/mol. The van der Waals surface area contributed by atoms with Crippen LogP contribution in [0.1, 0.15) is 0 Å². The van der Waals surface area contributed by atoms with Crippen molar-refractivity contribution in [3.63, 3.8) is 0 Å². The van der Waals surface area contributed by atoms with Crippen molar-refractivity contribution >= 4 is 17.7 Å². The lowest BCUT2D eigenvalue weighted by molar-refractivity contribution is 0.413. The molecule has 1 aromatic carbocycles. The molecule has 0 fully saturated rings. The lowest BCUT2D eigenvalue weighted by Crippen LogP contribution is -1.99. The largest absolute Gasteiger partial charge is 0.435 e. The second-order valence-electron chi connectivity index (χ2n) is 3.13. The van der Waals surface area contributed by atoms with Crippen LogP contribution in [0.25, 0.3) is 0 Å². The number of thioether (sulfide) groups is 1. The fourth-order valence-electron chi connectivity index (χ4n) is 1.24. The smallest absolute Gasteiger partial charge is 0.260 e. The molecule has 0 aliphatic carbocycles. The van der Waals surface area contributed by atoms with E-state index in [9.17, 15) is 4.39 Å². The van der Waals surface area contributed by atoms with E-state index in [0.29, 0.717) is 5.75 Å². The van der Waals surface area contributed by atoms with Crippen molar-refractivity contribution in [1.82, 2.24) is 9.97 Å². The standard InChI is InChI=1S/C11H10FN3OS/c1-17-9-5-3-2-4-8(9)16-10-7(12)6-14-11(13)15-10/h2-6H,1H3,(H2,13,14,15). The normalized spacial score (nSPS) is 10.2. The summed E-state index contributed by atoms with van der Waals surface area (Å²) < 4.78 is 18.8. The molecule has 0 unspecified atom stereocenters. The van der Waals surface area contributed by atoms with Crippen LogP contribution in [0.2, 0.25) is 0 Å². The molecule has 88 valence electrons. The summed E-state index contributed by atoms with van der Waals surface area (Å²) in [6.07, 6.45) is 2.90. The maximum Gasteiger partial charge on any atom is 0.260 e. The third-order valence-electron chi connectivity index (χ3n) is 2.01. The molecule has 17 heavy (non-hydrogen) atoms. The SMILES string of the molecule is CSc1ccccc1Oc1nc(N)ncc1F. The summed E-state index contributed by atoms with van der Waals surface area (Å²) in [6, 6.07) is 7.30. The maximum absolute atomic E-state index is 13.4. The van der Waals surface area contributed by atoms with E-state index in [1.54, 1.807) is 12.1 Å². The molecule has 0 saturated heterocycles. The first kappa shape index (κ1) is 11.7. The van der Waals surface area contributed by atoms with Crippen molar-refractivity contribution in [3.05, 3.63) is 36.3 Å². The molecule has 2 rings (SSSR count). The highest BCUT2D eigenvalue weighted by atomic mass is 32.2. The van der Waals surface area contributed by atoms with Crippen LogP contribution in [0.15, 0.2) is 35.4 Å². The second-order valence-corrected chi connectivity index (χ2v) is 3.98. The van der Waals surface area contributed by atoms with E-state index >= 15 is 0 Å². The summed E-state index contributed by atoms with van der Waals surface area (Å²) in [5.74, 6) is -0.297. The molecule has 0 bridgehead atoms. The topological polar surface area (TPSA) is 61.0 Å². The van der Waals surface area contributed by atoms with E-state index in [4.69, 9.17) is 10.5 Å². The van der Waals surface area contributed by atoms with Crippen LogP contribution < -0.4 is 10.5 Å². The van der Waals surface area contributed by atoms with Gasteiger partial charge in [0.05, 0.1) is 6.20 Å². The lowest BCUT2D eigenvalue weighted by Gasteiger charge is -2.08. The Bertz CT molecular complexity index is 536. The molecule has 0 aliphatic heterocycles. The highest BCUT2D eigenvalue weighted by Crippen LogP contribution is 2.31. The maximum atomic E-state index is 13.4. The lowest BCUT2D eigenvalue weighted by atomic mass is 10.3. The minimum absolute atomic E-state index is 0.0250. The summed E-state index contributed by atoms with van der Waals surface area (Å²) in [5, 5.41) is 0. The summed E-state index contributed by atoms with van der Waals surface area (Å²) in [7, 11) is 0. The molecule has 0 amide bonds. The van der Waals surface area contributed by atoms with Gasteiger partial charge in [-0.05, 0) is 18.4 Å². The fourth-order valence-corrected chi connectivity index (χ4v) is 1.77. The molecule has 1 heterocycles. The Hall–Kier alpha value is -1.82. The Morgan fingerprint density at radius 3 is 2.88 bits per heavy atom. The summed E-state index contributed by atoms with van der Waals surface area (Å²) >= 11 is 1.50. The highest BCUT2D eigenvalue weighted by Gasteiger charge is 2.10. The zero-order valence-electron chi connectivity index (χ0n) is 9.05. The predicted molar refractivity (Wildman–Crippen MR) is 64.7 cm³/mol. The number of nitrogen functional groups attached to an aromatic ring is 1. The number of rotatable bonds is 3. The predicted octanol–water partition coefficient (Wildman–Crippen LogP) is 2.71. The molecule has 6 heteroatoms. The summed E-state index contributed by atoms with van der Waals surface area (Å²) in [6.45, 7) is 0. The molecule has 2 N–H and O–H groups in total. The minimum Gasteiger partial charge on any atom is -0.435 e. The fraction of sp³-hybridized carbons (Fsp3) is 0.0909. The van der Waals surface area contributed by atoms with Crippen LogP contribution in [0.4, 0.5) is 10.3 Å².